The van der Waals surface area contributed by atoms with Gasteiger partial charge in [-0.2, -0.15) is 0 Å². The van der Waals surface area contributed by atoms with Crippen LogP contribution in [0.4, 0.5) is 0 Å². The number of aryl methyl sites for hydroxylation is 2. The number of rotatable bonds is 9. The molecule has 0 saturated heterocycles. The van der Waals surface area contributed by atoms with Gasteiger partial charge in [0.25, 0.3) is 0 Å². The molecule has 0 aromatic heterocycles. The van der Waals surface area contributed by atoms with Crippen LogP contribution in [0.5, 0.6) is 5.75 Å². The van der Waals surface area contributed by atoms with E-state index in [2.05, 4.69) is 117 Å². The summed E-state index contributed by atoms with van der Waals surface area (Å²) in [6.07, 6.45) is 1.53. The molecule has 1 atom stereocenters. The summed E-state index contributed by atoms with van der Waals surface area (Å²) in [4.78, 5) is 0. The third-order valence-electron chi connectivity index (χ3n) is 6.71. The van der Waals surface area contributed by atoms with Crippen LogP contribution < -0.4 is 4.74 Å². The first-order chi connectivity index (χ1) is 18.1. The Morgan fingerprint density at radius 2 is 1.11 bits per heavy atom. The number of hydrogen-bond acceptors (Lipinski definition) is 1. The van der Waals surface area contributed by atoms with Crippen molar-refractivity contribution < 1.29 is 4.74 Å². The third kappa shape index (κ3) is 6.57. The zero-order chi connectivity index (χ0) is 25.5. The van der Waals surface area contributed by atoms with Crippen LogP contribution in [0.2, 0.25) is 0 Å². The number of hydrogen-bond donors (Lipinski definition) is 0. The lowest BCUT2D eigenvalue weighted by Crippen LogP contribution is -2.30. The highest BCUT2D eigenvalue weighted by Gasteiger charge is 2.27. The molecule has 0 saturated carbocycles. The van der Waals surface area contributed by atoms with E-state index in [0.717, 1.165) is 18.6 Å². The van der Waals surface area contributed by atoms with Crippen molar-refractivity contribution in [1.82, 2.24) is 0 Å². The standard InChI is InChI=1S/C36H33O/c1-27-22-28(2)24-30(23-27)25-35(33-20-18-32(19-21-33)31-14-8-4-9-15-31)36(26-29-12-6-3-7-13-29)37-34-16-10-5-11-17-34/h3-24,36H,25-26H2,1-2H3. The Morgan fingerprint density at radius 3 is 1.73 bits per heavy atom. The van der Waals surface area contributed by atoms with Crippen LogP contribution in [0.3, 0.4) is 0 Å². The van der Waals surface area contributed by atoms with Gasteiger partial charge < -0.3 is 4.74 Å². The average molecular weight is 482 g/mol. The molecule has 0 heterocycles. The molecular formula is C36H33O. The maximum absolute atomic E-state index is 6.75. The molecule has 0 fully saturated rings. The van der Waals surface area contributed by atoms with Gasteiger partial charge in [-0.1, -0.05) is 132 Å². The predicted molar refractivity (Wildman–Crippen MR) is 155 cm³/mol. The van der Waals surface area contributed by atoms with E-state index in [4.69, 9.17) is 4.74 Å². The van der Waals surface area contributed by atoms with Crippen LogP contribution in [0, 0.1) is 19.8 Å². The fourth-order valence-corrected chi connectivity index (χ4v) is 5.03. The second-order valence-electron chi connectivity index (χ2n) is 9.75. The van der Waals surface area contributed by atoms with Crippen molar-refractivity contribution in [1.29, 1.82) is 0 Å². The van der Waals surface area contributed by atoms with Gasteiger partial charge in [0.15, 0.2) is 0 Å². The molecule has 1 unspecified atom stereocenters. The normalized spacial score (nSPS) is 11.9. The first-order valence-electron chi connectivity index (χ1n) is 13.0. The van der Waals surface area contributed by atoms with Crippen LogP contribution >= 0.6 is 0 Å². The zero-order valence-corrected chi connectivity index (χ0v) is 21.6. The number of benzene rings is 5. The highest BCUT2D eigenvalue weighted by atomic mass is 16.5. The summed E-state index contributed by atoms with van der Waals surface area (Å²) in [5.74, 6) is 2.18. The molecule has 1 radical (unpaired) electrons. The molecule has 0 aliphatic rings. The molecule has 183 valence electrons. The summed E-state index contributed by atoms with van der Waals surface area (Å²) in [5, 5.41) is 0. The molecule has 37 heavy (non-hydrogen) atoms. The zero-order valence-electron chi connectivity index (χ0n) is 21.6. The highest BCUT2D eigenvalue weighted by molar-refractivity contribution is 5.64. The third-order valence-corrected chi connectivity index (χ3v) is 6.71. The van der Waals surface area contributed by atoms with E-state index in [0.29, 0.717) is 0 Å². The van der Waals surface area contributed by atoms with Crippen LogP contribution in [0.15, 0.2) is 133 Å². The van der Waals surface area contributed by atoms with Gasteiger partial charge in [0.1, 0.15) is 11.9 Å². The molecule has 0 aliphatic heterocycles. The molecule has 5 aromatic rings. The van der Waals surface area contributed by atoms with Crippen LogP contribution in [-0.2, 0) is 12.8 Å². The van der Waals surface area contributed by atoms with E-state index >= 15 is 0 Å². The van der Waals surface area contributed by atoms with Gasteiger partial charge in [-0.25, -0.2) is 0 Å². The largest absolute Gasteiger partial charge is 0.489 e. The lowest BCUT2D eigenvalue weighted by Gasteiger charge is -2.29. The Balaban J connectivity index is 1.54. The maximum atomic E-state index is 6.75. The molecule has 5 aromatic carbocycles. The summed E-state index contributed by atoms with van der Waals surface area (Å²) in [6.45, 7) is 4.35. The summed E-state index contributed by atoms with van der Waals surface area (Å²) in [7, 11) is 0. The Morgan fingerprint density at radius 1 is 0.568 bits per heavy atom. The predicted octanol–water partition coefficient (Wildman–Crippen LogP) is 8.83. The van der Waals surface area contributed by atoms with Crippen molar-refractivity contribution in [2.75, 3.05) is 0 Å². The van der Waals surface area contributed by atoms with E-state index in [1.807, 2.05) is 30.3 Å². The molecular weight excluding hydrogens is 448 g/mol. The van der Waals surface area contributed by atoms with Gasteiger partial charge >= 0.3 is 0 Å². The van der Waals surface area contributed by atoms with Gasteiger partial charge in [0.2, 0.25) is 0 Å². The molecule has 1 nitrogen and oxygen atoms in total. The van der Waals surface area contributed by atoms with Crippen LogP contribution in [0.1, 0.15) is 27.8 Å². The minimum absolute atomic E-state index is 0.104. The SMILES string of the molecule is Cc1cc(C)cc(C[C](c2ccc(-c3ccccc3)cc2)C(Cc2ccccc2)Oc2ccccc2)c1. The number of ether oxygens (including phenoxy) is 1. The quantitative estimate of drug-likeness (QED) is 0.204. The van der Waals surface area contributed by atoms with Gasteiger partial charge in [-0.3, -0.25) is 0 Å². The molecule has 0 N–H and O–H groups in total. The monoisotopic (exact) mass is 481 g/mol. The molecule has 0 amide bonds. The van der Waals surface area contributed by atoms with E-state index in [1.54, 1.807) is 0 Å². The second kappa shape index (κ2) is 11.8. The van der Waals surface area contributed by atoms with Crippen molar-refractivity contribution in [3.8, 4) is 16.9 Å². The van der Waals surface area contributed by atoms with Gasteiger partial charge in [0, 0.05) is 6.42 Å². The lowest BCUT2D eigenvalue weighted by molar-refractivity contribution is 0.215. The smallest absolute Gasteiger partial charge is 0.119 e. The fourth-order valence-electron chi connectivity index (χ4n) is 5.03. The Bertz CT molecular complexity index is 1330. The van der Waals surface area contributed by atoms with Gasteiger partial charge in [-0.15, -0.1) is 0 Å². The Hall–Kier alpha value is -4.10. The van der Waals surface area contributed by atoms with Crippen molar-refractivity contribution in [3.63, 3.8) is 0 Å². The summed E-state index contributed by atoms with van der Waals surface area (Å²) >= 11 is 0. The Labute approximate surface area is 221 Å². The maximum Gasteiger partial charge on any atom is 0.119 e. The van der Waals surface area contributed by atoms with Crippen LogP contribution in [-0.4, -0.2) is 6.10 Å². The number of para-hydroxylation sites is 1. The first kappa shape index (κ1) is 24.6. The van der Waals surface area contributed by atoms with Crippen molar-refractivity contribution >= 4 is 0 Å². The summed E-state index contributed by atoms with van der Waals surface area (Å²) in [6, 6.07) is 47.2. The second-order valence-corrected chi connectivity index (χ2v) is 9.75. The molecule has 0 bridgehead atoms. The summed E-state index contributed by atoms with van der Waals surface area (Å²) in [5.41, 5.74) is 8.83. The van der Waals surface area contributed by atoms with E-state index in [9.17, 15) is 0 Å². The Kier molecular flexibility index (Phi) is 7.81. The minimum atomic E-state index is -0.104. The molecule has 0 aliphatic carbocycles. The van der Waals surface area contributed by atoms with E-state index in [1.165, 1.54) is 44.9 Å². The minimum Gasteiger partial charge on any atom is -0.489 e. The van der Waals surface area contributed by atoms with Gasteiger partial charge in [0.05, 0.1) is 5.92 Å². The van der Waals surface area contributed by atoms with Crippen molar-refractivity contribution in [3.05, 3.63) is 167 Å². The summed E-state index contributed by atoms with van der Waals surface area (Å²) < 4.78 is 6.75. The topological polar surface area (TPSA) is 9.23 Å². The molecule has 0 spiro atoms. The lowest BCUT2D eigenvalue weighted by atomic mass is 9.83. The first-order valence-corrected chi connectivity index (χ1v) is 13.0. The van der Waals surface area contributed by atoms with Gasteiger partial charge in [-0.05, 0) is 60.2 Å². The van der Waals surface area contributed by atoms with Crippen LogP contribution in [0.25, 0.3) is 11.1 Å². The van der Waals surface area contributed by atoms with Crippen molar-refractivity contribution in [2.45, 2.75) is 32.8 Å². The van der Waals surface area contributed by atoms with E-state index < -0.39 is 0 Å². The van der Waals surface area contributed by atoms with Crippen molar-refractivity contribution in [2.24, 2.45) is 0 Å². The van der Waals surface area contributed by atoms with E-state index in [-0.39, 0.29) is 6.10 Å². The fraction of sp³-hybridized carbons (Fsp3) is 0.139. The molecule has 1 heteroatoms. The molecule has 5 rings (SSSR count). The highest BCUT2D eigenvalue weighted by Crippen LogP contribution is 2.31. The average Bonchev–Trinajstić information content (AvgIpc) is 2.93.